The van der Waals surface area contributed by atoms with Gasteiger partial charge < -0.3 is 4.98 Å². The van der Waals surface area contributed by atoms with Crippen LogP contribution in [0.1, 0.15) is 19.5 Å². The molecule has 3 nitrogen and oxygen atoms in total. The largest absolute Gasteiger partial charge is 0.352 e. The Bertz CT molecular complexity index is 538. The molecule has 0 saturated heterocycles. The number of H-pyrrole nitrogens is 1. The van der Waals surface area contributed by atoms with Gasteiger partial charge in [0.25, 0.3) is 0 Å². The molecule has 2 aromatic heterocycles. The Morgan fingerprint density at radius 2 is 2.35 bits per heavy atom. The Kier molecular flexibility index (Phi) is 2.67. The molecule has 0 saturated carbocycles. The lowest BCUT2D eigenvalue weighted by Crippen LogP contribution is -2.11. The molecule has 0 amide bonds. The molecule has 1 N–H and O–H groups in total. The SMILES string of the molecule is CC(C)C1CSC(c2cc3ccncc3[nH]2)=N1. The number of pyridine rings is 1. The van der Waals surface area contributed by atoms with Gasteiger partial charge in [-0.15, -0.1) is 11.8 Å². The normalized spacial score (nSPS) is 20.2. The van der Waals surface area contributed by atoms with Gasteiger partial charge in [-0.2, -0.15) is 0 Å². The predicted octanol–water partition coefficient (Wildman–Crippen LogP) is 3.08. The number of aromatic amines is 1. The molecule has 0 fully saturated rings. The van der Waals surface area contributed by atoms with Gasteiger partial charge >= 0.3 is 0 Å². The Labute approximate surface area is 105 Å². The van der Waals surface area contributed by atoms with Crippen LogP contribution < -0.4 is 0 Å². The molecule has 17 heavy (non-hydrogen) atoms. The highest BCUT2D eigenvalue weighted by Crippen LogP contribution is 2.28. The zero-order chi connectivity index (χ0) is 11.8. The van der Waals surface area contributed by atoms with E-state index in [4.69, 9.17) is 4.99 Å². The summed E-state index contributed by atoms with van der Waals surface area (Å²) in [5.41, 5.74) is 2.21. The first-order valence-corrected chi connectivity index (χ1v) is 6.86. The topological polar surface area (TPSA) is 41.0 Å². The first kappa shape index (κ1) is 10.8. The first-order chi connectivity index (χ1) is 8.24. The van der Waals surface area contributed by atoms with E-state index in [1.165, 1.54) is 5.39 Å². The fourth-order valence-corrected chi connectivity index (χ4v) is 3.23. The van der Waals surface area contributed by atoms with Crippen LogP contribution in [0, 0.1) is 5.92 Å². The average Bonchev–Trinajstić information content (AvgIpc) is 2.95. The van der Waals surface area contributed by atoms with E-state index in [0.717, 1.165) is 22.0 Å². The summed E-state index contributed by atoms with van der Waals surface area (Å²) in [6, 6.07) is 4.64. The molecular weight excluding hydrogens is 230 g/mol. The predicted molar refractivity (Wildman–Crippen MR) is 73.7 cm³/mol. The van der Waals surface area contributed by atoms with Crippen LogP contribution in [-0.4, -0.2) is 26.8 Å². The molecule has 0 bridgehead atoms. The fraction of sp³-hybridized carbons (Fsp3) is 0.385. The van der Waals surface area contributed by atoms with Gasteiger partial charge in [-0.3, -0.25) is 9.98 Å². The third-order valence-electron chi connectivity index (χ3n) is 3.10. The van der Waals surface area contributed by atoms with Crippen molar-refractivity contribution in [3.63, 3.8) is 0 Å². The number of aromatic nitrogens is 2. The van der Waals surface area contributed by atoms with Crippen LogP contribution in [0.4, 0.5) is 0 Å². The van der Waals surface area contributed by atoms with Crippen LogP contribution in [0.2, 0.25) is 0 Å². The lowest BCUT2D eigenvalue weighted by Gasteiger charge is -2.07. The van der Waals surface area contributed by atoms with E-state index in [9.17, 15) is 0 Å². The van der Waals surface area contributed by atoms with Crippen LogP contribution in [0.25, 0.3) is 10.9 Å². The van der Waals surface area contributed by atoms with Crippen molar-refractivity contribution in [1.29, 1.82) is 0 Å². The highest BCUT2D eigenvalue weighted by molar-refractivity contribution is 8.14. The second-order valence-electron chi connectivity index (χ2n) is 4.70. The molecule has 0 aliphatic carbocycles. The Balaban J connectivity index is 1.97. The first-order valence-electron chi connectivity index (χ1n) is 5.88. The van der Waals surface area contributed by atoms with Gasteiger partial charge in [0.15, 0.2) is 0 Å². The maximum atomic E-state index is 4.78. The quantitative estimate of drug-likeness (QED) is 0.883. The molecule has 3 heterocycles. The van der Waals surface area contributed by atoms with E-state index in [1.54, 1.807) is 0 Å². The van der Waals surface area contributed by atoms with Crippen molar-refractivity contribution in [2.45, 2.75) is 19.9 Å². The van der Waals surface area contributed by atoms with Crippen molar-refractivity contribution in [1.82, 2.24) is 9.97 Å². The van der Waals surface area contributed by atoms with Crippen LogP contribution in [0.3, 0.4) is 0 Å². The number of aliphatic imine (C=N–C) groups is 1. The van der Waals surface area contributed by atoms with E-state index in [2.05, 4.69) is 29.9 Å². The van der Waals surface area contributed by atoms with Crippen LogP contribution in [0.15, 0.2) is 29.5 Å². The maximum absolute atomic E-state index is 4.78. The standard InChI is InChI=1S/C13H15N3S/c1-8(2)12-7-17-13(16-12)10-5-9-3-4-14-6-11(9)15-10/h3-6,8,12,15H,7H2,1-2H3. The summed E-state index contributed by atoms with van der Waals surface area (Å²) in [6.07, 6.45) is 3.68. The van der Waals surface area contributed by atoms with E-state index in [-0.39, 0.29) is 0 Å². The molecule has 1 aliphatic rings. The summed E-state index contributed by atoms with van der Waals surface area (Å²) in [4.78, 5) is 12.3. The van der Waals surface area contributed by atoms with E-state index in [0.29, 0.717) is 12.0 Å². The number of fused-ring (bicyclic) bond motifs is 1. The third kappa shape index (κ3) is 1.97. The Hall–Kier alpha value is -1.29. The lowest BCUT2D eigenvalue weighted by atomic mass is 10.1. The minimum atomic E-state index is 0.458. The molecule has 1 aliphatic heterocycles. The molecule has 88 valence electrons. The zero-order valence-electron chi connectivity index (χ0n) is 9.97. The molecule has 1 atom stereocenters. The van der Waals surface area contributed by atoms with Gasteiger partial charge in [0.2, 0.25) is 0 Å². The lowest BCUT2D eigenvalue weighted by molar-refractivity contribution is 0.543. The smallest absolute Gasteiger partial charge is 0.114 e. The summed E-state index contributed by atoms with van der Waals surface area (Å²) < 4.78 is 0. The monoisotopic (exact) mass is 245 g/mol. The van der Waals surface area contributed by atoms with Gasteiger partial charge in [-0.05, 0) is 18.1 Å². The maximum Gasteiger partial charge on any atom is 0.114 e. The molecule has 1 unspecified atom stereocenters. The Morgan fingerprint density at radius 3 is 3.06 bits per heavy atom. The van der Waals surface area contributed by atoms with E-state index in [1.807, 2.05) is 30.2 Å². The second-order valence-corrected chi connectivity index (χ2v) is 5.71. The van der Waals surface area contributed by atoms with Crippen LogP contribution >= 0.6 is 11.8 Å². The number of nitrogens with one attached hydrogen (secondary N) is 1. The highest BCUT2D eigenvalue weighted by atomic mass is 32.2. The zero-order valence-corrected chi connectivity index (χ0v) is 10.8. The van der Waals surface area contributed by atoms with Crippen molar-refractivity contribution in [3.8, 4) is 0 Å². The number of hydrogen-bond acceptors (Lipinski definition) is 3. The second kappa shape index (κ2) is 4.18. The van der Waals surface area contributed by atoms with E-state index < -0.39 is 0 Å². The van der Waals surface area contributed by atoms with Gasteiger partial charge in [-0.1, -0.05) is 13.8 Å². The highest BCUT2D eigenvalue weighted by Gasteiger charge is 2.22. The molecule has 4 heteroatoms. The minimum absolute atomic E-state index is 0.458. The summed E-state index contributed by atoms with van der Waals surface area (Å²) in [5.74, 6) is 1.71. The molecule has 0 spiro atoms. The molecule has 0 radical (unpaired) electrons. The number of hydrogen-bond donors (Lipinski definition) is 1. The third-order valence-corrected chi connectivity index (χ3v) is 4.20. The summed E-state index contributed by atoms with van der Waals surface area (Å²) in [6.45, 7) is 4.46. The Morgan fingerprint density at radius 1 is 1.47 bits per heavy atom. The summed E-state index contributed by atoms with van der Waals surface area (Å²) >= 11 is 1.85. The van der Waals surface area contributed by atoms with Crippen molar-refractivity contribution >= 4 is 27.7 Å². The number of thioether (sulfide) groups is 1. The number of nitrogens with zero attached hydrogens (tertiary/aromatic N) is 2. The molecule has 2 aromatic rings. The number of rotatable bonds is 2. The summed E-state index contributed by atoms with van der Waals surface area (Å²) in [7, 11) is 0. The molecule has 3 rings (SSSR count). The minimum Gasteiger partial charge on any atom is -0.352 e. The van der Waals surface area contributed by atoms with Crippen molar-refractivity contribution in [3.05, 3.63) is 30.2 Å². The van der Waals surface area contributed by atoms with Gasteiger partial charge in [0, 0.05) is 17.3 Å². The van der Waals surface area contributed by atoms with Crippen molar-refractivity contribution < 1.29 is 0 Å². The average molecular weight is 245 g/mol. The van der Waals surface area contributed by atoms with Gasteiger partial charge in [0.1, 0.15) is 5.04 Å². The summed E-state index contributed by atoms with van der Waals surface area (Å²) in [5, 5.41) is 2.34. The van der Waals surface area contributed by atoms with Crippen LogP contribution in [0.5, 0.6) is 0 Å². The van der Waals surface area contributed by atoms with Crippen molar-refractivity contribution in [2.75, 3.05) is 5.75 Å². The van der Waals surface area contributed by atoms with Gasteiger partial charge in [-0.25, -0.2) is 0 Å². The van der Waals surface area contributed by atoms with Crippen LogP contribution in [-0.2, 0) is 0 Å². The van der Waals surface area contributed by atoms with Gasteiger partial charge in [0.05, 0.1) is 23.4 Å². The van der Waals surface area contributed by atoms with Crippen molar-refractivity contribution in [2.24, 2.45) is 10.9 Å². The molecular formula is C13H15N3S. The fourth-order valence-electron chi connectivity index (χ4n) is 1.97. The molecule has 0 aromatic carbocycles. The van der Waals surface area contributed by atoms with E-state index >= 15 is 0 Å².